The highest BCUT2D eigenvalue weighted by molar-refractivity contribution is 7.46. The SMILES string of the molecule is Cc1ncc(COP(=O)(O)O)c(CN=C(CC#N)C(=O)O)c1O. The first-order chi connectivity index (χ1) is 10.7. The molecule has 0 aliphatic carbocycles. The number of aromatic nitrogens is 1. The summed E-state index contributed by atoms with van der Waals surface area (Å²) in [4.78, 5) is 35.9. The standard InChI is InChI=1S/C12H14N3O7P/c1-7-11(16)9(5-15-10(2-3-13)12(17)18)8(4-14-7)6-22-23(19,20)21/h4,16H,2,5-6H2,1H3,(H,17,18)(H2,19,20,21). The second-order valence-corrected chi connectivity index (χ2v) is 5.60. The highest BCUT2D eigenvalue weighted by atomic mass is 31.2. The second kappa shape index (κ2) is 7.80. The molecule has 0 atom stereocenters. The summed E-state index contributed by atoms with van der Waals surface area (Å²) in [5.74, 6) is -1.66. The van der Waals surface area contributed by atoms with Crippen LogP contribution in [0.5, 0.6) is 5.75 Å². The number of pyridine rings is 1. The lowest BCUT2D eigenvalue weighted by Crippen LogP contribution is -2.13. The van der Waals surface area contributed by atoms with Crippen LogP contribution < -0.4 is 0 Å². The van der Waals surface area contributed by atoms with Gasteiger partial charge in [0.2, 0.25) is 0 Å². The van der Waals surface area contributed by atoms with E-state index in [0.717, 1.165) is 0 Å². The Morgan fingerprint density at radius 2 is 2.17 bits per heavy atom. The van der Waals surface area contributed by atoms with Crippen LogP contribution >= 0.6 is 7.82 Å². The number of aryl methyl sites for hydroxylation is 1. The van der Waals surface area contributed by atoms with Crippen LogP contribution in [0.1, 0.15) is 23.2 Å². The van der Waals surface area contributed by atoms with E-state index in [1.807, 2.05) is 0 Å². The number of rotatable bonds is 7. The van der Waals surface area contributed by atoms with Gasteiger partial charge in [0.25, 0.3) is 0 Å². The predicted molar refractivity (Wildman–Crippen MR) is 76.5 cm³/mol. The molecule has 0 bridgehead atoms. The topological polar surface area (TPSA) is 173 Å². The molecule has 0 saturated carbocycles. The number of carbonyl (C=O) groups is 1. The molecule has 0 radical (unpaired) electrons. The van der Waals surface area contributed by atoms with Crippen LogP contribution in [-0.4, -0.2) is 36.7 Å². The third kappa shape index (κ3) is 5.77. The van der Waals surface area contributed by atoms with Crippen molar-refractivity contribution >= 4 is 19.5 Å². The van der Waals surface area contributed by atoms with Gasteiger partial charge in [-0.3, -0.25) is 14.5 Å². The zero-order valence-electron chi connectivity index (χ0n) is 12.0. The summed E-state index contributed by atoms with van der Waals surface area (Å²) < 4.78 is 15.1. The van der Waals surface area contributed by atoms with Crippen molar-refractivity contribution in [2.24, 2.45) is 4.99 Å². The van der Waals surface area contributed by atoms with Crippen LogP contribution in [-0.2, 0) is 27.0 Å². The average Bonchev–Trinajstić information content (AvgIpc) is 2.45. The summed E-state index contributed by atoms with van der Waals surface area (Å²) in [6, 6.07) is 1.66. The molecule has 0 amide bonds. The van der Waals surface area contributed by atoms with Crippen LogP contribution in [0.25, 0.3) is 0 Å². The number of phosphoric ester groups is 1. The van der Waals surface area contributed by atoms with Gasteiger partial charge in [-0.15, -0.1) is 0 Å². The van der Waals surface area contributed by atoms with Crippen LogP contribution in [0.2, 0.25) is 0 Å². The van der Waals surface area contributed by atoms with Crippen LogP contribution in [0.15, 0.2) is 11.2 Å². The van der Waals surface area contributed by atoms with E-state index in [1.54, 1.807) is 6.07 Å². The van der Waals surface area contributed by atoms with E-state index in [4.69, 9.17) is 20.2 Å². The Morgan fingerprint density at radius 3 is 2.70 bits per heavy atom. The molecule has 1 heterocycles. The summed E-state index contributed by atoms with van der Waals surface area (Å²) >= 11 is 0. The molecule has 10 nitrogen and oxygen atoms in total. The average molecular weight is 343 g/mol. The van der Waals surface area contributed by atoms with Gasteiger partial charge in [0.1, 0.15) is 11.5 Å². The number of aromatic hydroxyl groups is 1. The number of nitrogens with zero attached hydrogens (tertiary/aromatic N) is 3. The molecule has 0 aliphatic rings. The van der Waals surface area contributed by atoms with Gasteiger partial charge in [-0.05, 0) is 6.92 Å². The van der Waals surface area contributed by atoms with Crippen LogP contribution in [0, 0.1) is 18.3 Å². The van der Waals surface area contributed by atoms with Gasteiger partial charge in [-0.1, -0.05) is 0 Å². The van der Waals surface area contributed by atoms with E-state index < -0.39 is 32.5 Å². The van der Waals surface area contributed by atoms with Gasteiger partial charge in [0, 0.05) is 17.3 Å². The summed E-state index contributed by atoms with van der Waals surface area (Å²) in [5, 5.41) is 27.4. The van der Waals surface area contributed by atoms with E-state index in [1.165, 1.54) is 13.1 Å². The predicted octanol–water partition coefficient (Wildman–Crippen LogP) is 0.644. The normalized spacial score (nSPS) is 12.0. The van der Waals surface area contributed by atoms with Crippen LogP contribution in [0.3, 0.4) is 0 Å². The molecule has 0 spiro atoms. The molecular weight excluding hydrogens is 329 g/mol. The van der Waals surface area contributed by atoms with Gasteiger partial charge < -0.3 is 20.0 Å². The lowest BCUT2D eigenvalue weighted by atomic mass is 10.1. The zero-order chi connectivity index (χ0) is 17.6. The number of aliphatic carboxylic acids is 1. The highest BCUT2D eigenvalue weighted by Gasteiger charge is 2.18. The Bertz CT molecular complexity index is 720. The maximum Gasteiger partial charge on any atom is 0.469 e. The minimum Gasteiger partial charge on any atom is -0.506 e. The Kier molecular flexibility index (Phi) is 6.36. The van der Waals surface area contributed by atoms with E-state index in [-0.39, 0.29) is 29.1 Å². The first kappa shape index (κ1) is 18.7. The van der Waals surface area contributed by atoms with Crippen molar-refractivity contribution in [3.05, 3.63) is 23.0 Å². The number of hydrogen-bond acceptors (Lipinski definition) is 7. The minimum absolute atomic E-state index is 0.114. The molecule has 0 unspecified atom stereocenters. The zero-order valence-corrected chi connectivity index (χ0v) is 12.9. The van der Waals surface area contributed by atoms with E-state index >= 15 is 0 Å². The van der Waals surface area contributed by atoms with E-state index in [2.05, 4.69) is 14.5 Å². The molecule has 0 saturated heterocycles. The van der Waals surface area contributed by atoms with Crippen molar-refractivity contribution in [3.8, 4) is 11.8 Å². The van der Waals surface area contributed by atoms with E-state index in [9.17, 15) is 14.5 Å². The first-order valence-corrected chi connectivity index (χ1v) is 7.68. The number of carboxylic acid groups (broad SMARTS) is 1. The van der Waals surface area contributed by atoms with Crippen molar-refractivity contribution in [2.75, 3.05) is 0 Å². The Hall–Kier alpha value is -2.31. The molecule has 1 rings (SSSR count). The van der Waals surface area contributed by atoms with Gasteiger partial charge in [0.15, 0.2) is 0 Å². The molecular formula is C12H14N3O7P. The third-order valence-corrected chi connectivity index (χ3v) is 3.21. The monoisotopic (exact) mass is 343 g/mol. The molecule has 0 fully saturated rings. The van der Waals surface area contributed by atoms with Crippen molar-refractivity contribution in [3.63, 3.8) is 0 Å². The van der Waals surface area contributed by atoms with E-state index in [0.29, 0.717) is 0 Å². The van der Waals surface area contributed by atoms with Crippen molar-refractivity contribution in [1.82, 2.24) is 4.98 Å². The number of carboxylic acids is 1. The fourth-order valence-corrected chi connectivity index (χ4v) is 1.89. The molecule has 23 heavy (non-hydrogen) atoms. The Balaban J connectivity index is 3.15. The summed E-state index contributed by atoms with van der Waals surface area (Å²) in [6.07, 6.45) is 0.814. The minimum atomic E-state index is -4.72. The molecule has 1 aromatic heterocycles. The van der Waals surface area contributed by atoms with Gasteiger partial charge in [0.05, 0.1) is 31.3 Å². The second-order valence-electron chi connectivity index (χ2n) is 4.36. The highest BCUT2D eigenvalue weighted by Crippen LogP contribution is 2.38. The molecule has 0 aromatic carbocycles. The molecule has 4 N–H and O–H groups in total. The maximum absolute atomic E-state index is 10.9. The smallest absolute Gasteiger partial charge is 0.469 e. The fourth-order valence-electron chi connectivity index (χ4n) is 1.59. The van der Waals surface area contributed by atoms with Crippen molar-refractivity contribution in [1.29, 1.82) is 5.26 Å². The lowest BCUT2D eigenvalue weighted by molar-refractivity contribution is -0.129. The first-order valence-electron chi connectivity index (χ1n) is 6.15. The quantitative estimate of drug-likeness (QED) is 0.409. The number of phosphoric acid groups is 1. The molecule has 124 valence electrons. The van der Waals surface area contributed by atoms with Crippen molar-refractivity contribution in [2.45, 2.75) is 26.5 Å². The van der Waals surface area contributed by atoms with Gasteiger partial charge in [-0.2, -0.15) is 5.26 Å². The van der Waals surface area contributed by atoms with Gasteiger partial charge in [-0.25, -0.2) is 9.36 Å². The maximum atomic E-state index is 10.9. The molecule has 1 aromatic rings. The summed E-state index contributed by atoms with van der Waals surface area (Å²) in [5.41, 5.74) is 0.0834. The number of nitriles is 1. The third-order valence-electron chi connectivity index (χ3n) is 2.74. The fraction of sp³-hybridized carbons (Fsp3) is 0.333. The summed E-state index contributed by atoms with van der Waals surface area (Å²) in [6.45, 7) is 0.637. The van der Waals surface area contributed by atoms with Gasteiger partial charge >= 0.3 is 13.8 Å². The number of hydrogen-bond donors (Lipinski definition) is 4. The molecule has 0 aliphatic heterocycles. The molecule has 11 heteroatoms. The van der Waals surface area contributed by atoms with Crippen molar-refractivity contribution < 1.29 is 33.9 Å². The lowest BCUT2D eigenvalue weighted by Gasteiger charge is -2.12. The Morgan fingerprint density at radius 1 is 1.52 bits per heavy atom. The number of aliphatic imine (C=N–C) groups is 1. The summed E-state index contributed by atoms with van der Waals surface area (Å²) in [7, 11) is -4.72. The largest absolute Gasteiger partial charge is 0.506 e. The van der Waals surface area contributed by atoms with Crippen LogP contribution in [0.4, 0.5) is 0 Å². The Labute approximate surface area is 130 Å².